The minimum Gasteiger partial charge on any atom is -0.481 e. The number of nitrogens with zero attached hydrogens (tertiary/aromatic N) is 1. The van der Waals surface area contributed by atoms with E-state index in [1.807, 2.05) is 6.07 Å². The van der Waals surface area contributed by atoms with Crippen LogP contribution in [0.25, 0.3) is 0 Å². The number of carboxylic acids is 1. The number of pyridine rings is 1. The molecule has 0 aliphatic heterocycles. The molecule has 4 heteroatoms. The maximum atomic E-state index is 10.8. The van der Waals surface area contributed by atoms with Gasteiger partial charge in [0.1, 0.15) is 5.15 Å². The zero-order chi connectivity index (χ0) is 10.1. The first-order valence-electron chi connectivity index (χ1n) is 4.53. The molecule has 1 heterocycles. The standard InChI is InChI=1S/C10H10ClNO2/c11-9-5-6(3-4-12-9)7-1-2-8(7)10(13)14/h3-5,7-8H,1-2H2,(H,13,14). The molecule has 1 fully saturated rings. The smallest absolute Gasteiger partial charge is 0.307 e. The average Bonchev–Trinajstić information content (AvgIpc) is 2.00. The normalized spacial score (nSPS) is 25.5. The first-order chi connectivity index (χ1) is 6.68. The molecule has 1 aromatic rings. The summed E-state index contributed by atoms with van der Waals surface area (Å²) in [5.74, 6) is -0.837. The Bertz CT molecular complexity index is 367. The Kier molecular flexibility index (Phi) is 2.42. The fourth-order valence-corrected chi connectivity index (χ4v) is 2.02. The van der Waals surface area contributed by atoms with E-state index in [0.29, 0.717) is 5.15 Å². The molecule has 1 N–H and O–H groups in total. The van der Waals surface area contributed by atoms with Crippen molar-refractivity contribution in [3.8, 4) is 0 Å². The second-order valence-corrected chi connectivity index (χ2v) is 3.93. The van der Waals surface area contributed by atoms with Gasteiger partial charge in [-0.3, -0.25) is 4.79 Å². The predicted octanol–water partition coefficient (Wildman–Crippen LogP) is 2.31. The molecule has 74 valence electrons. The van der Waals surface area contributed by atoms with Crippen LogP contribution < -0.4 is 0 Å². The van der Waals surface area contributed by atoms with Crippen LogP contribution in [0.3, 0.4) is 0 Å². The van der Waals surface area contributed by atoms with Crippen molar-refractivity contribution >= 4 is 17.6 Å². The SMILES string of the molecule is O=C(O)C1CCC1c1ccnc(Cl)c1. The van der Waals surface area contributed by atoms with Crippen molar-refractivity contribution in [2.45, 2.75) is 18.8 Å². The molecule has 1 aliphatic rings. The number of hydrogen-bond donors (Lipinski definition) is 1. The molecule has 14 heavy (non-hydrogen) atoms. The van der Waals surface area contributed by atoms with Crippen LogP contribution in [0.15, 0.2) is 18.3 Å². The summed E-state index contributed by atoms with van der Waals surface area (Å²) < 4.78 is 0. The fourth-order valence-electron chi connectivity index (χ4n) is 1.84. The van der Waals surface area contributed by atoms with E-state index in [1.165, 1.54) is 0 Å². The lowest BCUT2D eigenvalue weighted by molar-refractivity contribution is -0.145. The molecular formula is C10H10ClNO2. The highest BCUT2D eigenvalue weighted by atomic mass is 35.5. The van der Waals surface area contributed by atoms with Gasteiger partial charge in [-0.05, 0) is 36.5 Å². The van der Waals surface area contributed by atoms with Gasteiger partial charge in [0.05, 0.1) is 5.92 Å². The van der Waals surface area contributed by atoms with Crippen LogP contribution in [0.1, 0.15) is 24.3 Å². The average molecular weight is 212 g/mol. The van der Waals surface area contributed by atoms with Crippen molar-refractivity contribution in [2.24, 2.45) is 5.92 Å². The van der Waals surface area contributed by atoms with Crippen molar-refractivity contribution in [3.63, 3.8) is 0 Å². The molecular weight excluding hydrogens is 202 g/mol. The van der Waals surface area contributed by atoms with Crippen molar-refractivity contribution in [3.05, 3.63) is 29.0 Å². The Balaban J connectivity index is 2.20. The topological polar surface area (TPSA) is 50.2 Å². The van der Waals surface area contributed by atoms with E-state index in [0.717, 1.165) is 18.4 Å². The molecule has 0 amide bonds. The molecule has 1 aliphatic carbocycles. The second kappa shape index (κ2) is 3.58. The molecule has 0 bridgehead atoms. The third-order valence-electron chi connectivity index (χ3n) is 2.77. The minimum atomic E-state index is -0.714. The quantitative estimate of drug-likeness (QED) is 0.764. The van der Waals surface area contributed by atoms with Crippen LogP contribution in [0, 0.1) is 5.92 Å². The second-order valence-electron chi connectivity index (χ2n) is 3.54. The summed E-state index contributed by atoms with van der Waals surface area (Å²) in [7, 11) is 0. The Hall–Kier alpha value is -1.09. The van der Waals surface area contributed by atoms with Gasteiger partial charge in [-0.1, -0.05) is 11.6 Å². The lowest BCUT2D eigenvalue weighted by atomic mass is 9.70. The van der Waals surface area contributed by atoms with Gasteiger partial charge >= 0.3 is 5.97 Å². The van der Waals surface area contributed by atoms with Crippen molar-refractivity contribution < 1.29 is 9.90 Å². The highest BCUT2D eigenvalue weighted by Gasteiger charge is 2.37. The molecule has 2 rings (SSSR count). The number of aromatic nitrogens is 1. The number of carbonyl (C=O) groups is 1. The Labute approximate surface area is 86.7 Å². The van der Waals surface area contributed by atoms with Crippen LogP contribution >= 0.6 is 11.6 Å². The van der Waals surface area contributed by atoms with Gasteiger partial charge in [-0.15, -0.1) is 0 Å². The molecule has 0 spiro atoms. The molecule has 0 saturated heterocycles. The third kappa shape index (κ3) is 1.60. The van der Waals surface area contributed by atoms with Crippen LogP contribution in [-0.2, 0) is 4.79 Å². The zero-order valence-corrected chi connectivity index (χ0v) is 8.24. The van der Waals surface area contributed by atoms with Crippen molar-refractivity contribution in [2.75, 3.05) is 0 Å². The van der Waals surface area contributed by atoms with Crippen molar-refractivity contribution in [1.29, 1.82) is 0 Å². The summed E-state index contributed by atoms with van der Waals surface area (Å²) in [6.07, 6.45) is 3.31. The number of halogens is 1. The molecule has 0 radical (unpaired) electrons. The van der Waals surface area contributed by atoms with E-state index in [4.69, 9.17) is 16.7 Å². The Morgan fingerprint density at radius 3 is 2.86 bits per heavy atom. The monoisotopic (exact) mass is 211 g/mol. The largest absolute Gasteiger partial charge is 0.481 e. The fraction of sp³-hybridized carbons (Fsp3) is 0.400. The first-order valence-corrected chi connectivity index (χ1v) is 4.90. The van der Waals surface area contributed by atoms with Gasteiger partial charge in [-0.25, -0.2) is 4.98 Å². The summed E-state index contributed by atoms with van der Waals surface area (Å²) in [6, 6.07) is 3.59. The van der Waals surface area contributed by atoms with Gasteiger partial charge in [0.25, 0.3) is 0 Å². The molecule has 2 unspecified atom stereocenters. The summed E-state index contributed by atoms with van der Waals surface area (Å²) >= 11 is 5.74. The zero-order valence-electron chi connectivity index (χ0n) is 7.48. The highest BCUT2D eigenvalue weighted by Crippen LogP contribution is 2.42. The van der Waals surface area contributed by atoms with Gasteiger partial charge in [-0.2, -0.15) is 0 Å². The van der Waals surface area contributed by atoms with Crippen molar-refractivity contribution in [1.82, 2.24) is 4.98 Å². The molecule has 2 atom stereocenters. The van der Waals surface area contributed by atoms with E-state index in [1.54, 1.807) is 12.3 Å². The Morgan fingerprint density at radius 2 is 2.36 bits per heavy atom. The van der Waals surface area contributed by atoms with Crippen LogP contribution in [-0.4, -0.2) is 16.1 Å². The first kappa shape index (κ1) is 9.46. The maximum Gasteiger partial charge on any atom is 0.307 e. The van der Waals surface area contributed by atoms with E-state index in [-0.39, 0.29) is 11.8 Å². The summed E-state index contributed by atoms with van der Waals surface area (Å²) in [5, 5.41) is 9.31. The Morgan fingerprint density at radius 1 is 1.57 bits per heavy atom. The van der Waals surface area contributed by atoms with E-state index >= 15 is 0 Å². The number of hydrogen-bond acceptors (Lipinski definition) is 2. The minimum absolute atomic E-state index is 0.119. The molecule has 3 nitrogen and oxygen atoms in total. The van der Waals surface area contributed by atoms with Gasteiger partial charge in [0.2, 0.25) is 0 Å². The van der Waals surface area contributed by atoms with Gasteiger partial charge < -0.3 is 5.11 Å². The molecule has 0 aromatic carbocycles. The molecule has 1 aromatic heterocycles. The lowest BCUT2D eigenvalue weighted by Crippen LogP contribution is -2.30. The van der Waals surface area contributed by atoms with Crippen LogP contribution in [0.4, 0.5) is 0 Å². The third-order valence-corrected chi connectivity index (χ3v) is 2.98. The molecule has 1 saturated carbocycles. The number of carboxylic acid groups (broad SMARTS) is 1. The summed E-state index contributed by atoms with van der Waals surface area (Å²) in [5.41, 5.74) is 0.989. The lowest BCUT2D eigenvalue weighted by Gasteiger charge is -2.33. The number of rotatable bonds is 2. The van der Waals surface area contributed by atoms with E-state index in [2.05, 4.69) is 4.98 Å². The number of aliphatic carboxylic acids is 1. The van der Waals surface area contributed by atoms with Crippen LogP contribution in [0.5, 0.6) is 0 Å². The summed E-state index contributed by atoms with van der Waals surface area (Å²) in [6.45, 7) is 0. The van der Waals surface area contributed by atoms with Crippen LogP contribution in [0.2, 0.25) is 5.15 Å². The summed E-state index contributed by atoms with van der Waals surface area (Å²) in [4.78, 5) is 14.7. The van der Waals surface area contributed by atoms with Gasteiger partial charge in [0.15, 0.2) is 0 Å². The predicted molar refractivity (Wildman–Crippen MR) is 52.3 cm³/mol. The van der Waals surface area contributed by atoms with Gasteiger partial charge in [0, 0.05) is 6.20 Å². The maximum absolute atomic E-state index is 10.8. The highest BCUT2D eigenvalue weighted by molar-refractivity contribution is 6.29. The van der Waals surface area contributed by atoms with E-state index < -0.39 is 5.97 Å². The van der Waals surface area contributed by atoms with E-state index in [9.17, 15) is 4.79 Å².